The number of hydrogen-bond donors (Lipinski definition) is 2. The highest BCUT2D eigenvalue weighted by atomic mass is 14.8. The van der Waals surface area contributed by atoms with E-state index >= 15 is 0 Å². The zero-order chi connectivity index (χ0) is 13.5. The van der Waals surface area contributed by atoms with Gasteiger partial charge in [-0.2, -0.15) is 0 Å². The van der Waals surface area contributed by atoms with Crippen LogP contribution in [-0.4, -0.2) is 19.6 Å². The van der Waals surface area contributed by atoms with Gasteiger partial charge in [0.05, 0.1) is 0 Å². The van der Waals surface area contributed by atoms with Gasteiger partial charge >= 0.3 is 0 Å². The van der Waals surface area contributed by atoms with Crippen LogP contribution in [0.3, 0.4) is 0 Å². The van der Waals surface area contributed by atoms with E-state index in [2.05, 4.69) is 54.7 Å². The van der Waals surface area contributed by atoms with Crippen molar-refractivity contribution in [1.29, 1.82) is 0 Å². The van der Waals surface area contributed by atoms with Crippen molar-refractivity contribution in [2.24, 2.45) is 11.7 Å². The molecule has 19 heavy (non-hydrogen) atoms. The Morgan fingerprint density at radius 1 is 1.11 bits per heavy atom. The average Bonchev–Trinajstić information content (AvgIpc) is 2.44. The smallest absolute Gasteiger partial charge is 0.000823 e. The van der Waals surface area contributed by atoms with Crippen LogP contribution in [0.1, 0.15) is 18.9 Å². The number of nitrogens with two attached hydrogens (primary N) is 1. The first-order valence-corrected chi connectivity index (χ1v) is 7.18. The van der Waals surface area contributed by atoms with Gasteiger partial charge in [0.25, 0.3) is 0 Å². The van der Waals surface area contributed by atoms with Crippen LogP contribution in [-0.2, 0) is 6.42 Å². The molecule has 0 aromatic heterocycles. The molecule has 0 spiro atoms. The minimum absolute atomic E-state index is 0.668. The Kier molecular flexibility index (Phi) is 5.37. The molecular formula is C17H24N2. The van der Waals surface area contributed by atoms with Crippen molar-refractivity contribution >= 4 is 10.8 Å². The third-order valence-electron chi connectivity index (χ3n) is 3.56. The number of nitrogens with one attached hydrogen (secondary N) is 1. The van der Waals surface area contributed by atoms with Crippen LogP contribution in [0.15, 0.2) is 42.5 Å². The second kappa shape index (κ2) is 7.27. The van der Waals surface area contributed by atoms with Crippen LogP contribution in [0.4, 0.5) is 0 Å². The maximum atomic E-state index is 5.55. The van der Waals surface area contributed by atoms with E-state index in [4.69, 9.17) is 5.73 Å². The molecule has 2 aromatic rings. The predicted octanol–water partition coefficient (Wildman–Crippen LogP) is 2.96. The van der Waals surface area contributed by atoms with Gasteiger partial charge in [-0.25, -0.2) is 0 Å². The van der Waals surface area contributed by atoms with Gasteiger partial charge in [0, 0.05) is 0 Å². The Balaban J connectivity index is 1.81. The Morgan fingerprint density at radius 2 is 1.89 bits per heavy atom. The van der Waals surface area contributed by atoms with E-state index in [0.29, 0.717) is 5.92 Å². The second-order valence-electron chi connectivity index (χ2n) is 5.32. The maximum absolute atomic E-state index is 5.55. The Labute approximate surface area is 116 Å². The van der Waals surface area contributed by atoms with E-state index in [0.717, 1.165) is 32.5 Å². The second-order valence-corrected chi connectivity index (χ2v) is 5.32. The molecule has 102 valence electrons. The fourth-order valence-electron chi connectivity index (χ4n) is 2.36. The summed E-state index contributed by atoms with van der Waals surface area (Å²) in [5.41, 5.74) is 6.95. The van der Waals surface area contributed by atoms with Crippen molar-refractivity contribution in [3.63, 3.8) is 0 Å². The number of hydrogen-bond acceptors (Lipinski definition) is 2. The van der Waals surface area contributed by atoms with Crippen LogP contribution in [0, 0.1) is 5.92 Å². The summed E-state index contributed by atoms with van der Waals surface area (Å²) < 4.78 is 0. The molecule has 0 bridgehead atoms. The molecule has 0 fully saturated rings. The van der Waals surface area contributed by atoms with Crippen LogP contribution >= 0.6 is 0 Å². The lowest BCUT2D eigenvalue weighted by atomic mass is 10.0. The van der Waals surface area contributed by atoms with Crippen molar-refractivity contribution in [3.05, 3.63) is 48.0 Å². The van der Waals surface area contributed by atoms with Gasteiger partial charge in [-0.3, -0.25) is 0 Å². The molecule has 0 saturated carbocycles. The molecule has 1 atom stereocenters. The lowest BCUT2D eigenvalue weighted by molar-refractivity contribution is 0.489. The molecule has 0 aliphatic heterocycles. The first-order valence-electron chi connectivity index (χ1n) is 7.18. The summed E-state index contributed by atoms with van der Waals surface area (Å²) in [6, 6.07) is 15.2. The van der Waals surface area contributed by atoms with Crippen LogP contribution in [0.25, 0.3) is 10.8 Å². The highest BCUT2D eigenvalue weighted by Crippen LogP contribution is 2.15. The van der Waals surface area contributed by atoms with Crippen LogP contribution in [0.5, 0.6) is 0 Å². The third-order valence-corrected chi connectivity index (χ3v) is 3.56. The summed E-state index contributed by atoms with van der Waals surface area (Å²) in [5.74, 6) is 0.668. The van der Waals surface area contributed by atoms with Gasteiger partial charge in [0.15, 0.2) is 0 Å². The zero-order valence-electron chi connectivity index (χ0n) is 11.7. The Hall–Kier alpha value is -1.38. The van der Waals surface area contributed by atoms with E-state index in [-0.39, 0.29) is 0 Å². The number of fused-ring (bicyclic) bond motifs is 1. The summed E-state index contributed by atoms with van der Waals surface area (Å²) in [4.78, 5) is 0. The van der Waals surface area contributed by atoms with E-state index in [1.54, 1.807) is 0 Å². The molecule has 2 nitrogen and oxygen atoms in total. The molecule has 0 aliphatic rings. The van der Waals surface area contributed by atoms with Gasteiger partial charge in [0.1, 0.15) is 0 Å². The van der Waals surface area contributed by atoms with Crippen molar-refractivity contribution in [2.75, 3.05) is 19.6 Å². The standard InChI is InChI=1S/C17H24N2/c1-14(8-10-18)13-19-11-9-15-6-7-16-4-2-3-5-17(16)12-15/h2-7,12,14,19H,8-11,13,18H2,1H3. The van der Waals surface area contributed by atoms with Crippen molar-refractivity contribution in [2.45, 2.75) is 19.8 Å². The Bertz CT molecular complexity index is 507. The highest BCUT2D eigenvalue weighted by Gasteiger charge is 2.00. The molecule has 2 aromatic carbocycles. The van der Waals surface area contributed by atoms with E-state index in [1.807, 2.05) is 0 Å². The summed E-state index contributed by atoms with van der Waals surface area (Å²) in [6.45, 7) is 5.13. The fourth-order valence-corrected chi connectivity index (χ4v) is 2.36. The molecule has 3 N–H and O–H groups in total. The van der Waals surface area contributed by atoms with Gasteiger partial charge in [-0.1, -0.05) is 49.4 Å². The summed E-state index contributed by atoms with van der Waals surface area (Å²) in [6.07, 6.45) is 2.18. The van der Waals surface area contributed by atoms with Gasteiger partial charge in [-0.05, 0) is 54.7 Å². The van der Waals surface area contributed by atoms with E-state index < -0.39 is 0 Å². The topological polar surface area (TPSA) is 38.0 Å². The van der Waals surface area contributed by atoms with Crippen LogP contribution < -0.4 is 11.1 Å². The van der Waals surface area contributed by atoms with E-state index in [1.165, 1.54) is 16.3 Å². The normalized spacial score (nSPS) is 12.7. The van der Waals surface area contributed by atoms with Crippen molar-refractivity contribution < 1.29 is 0 Å². The molecule has 0 amide bonds. The quantitative estimate of drug-likeness (QED) is 0.747. The fraction of sp³-hybridized carbons (Fsp3) is 0.412. The maximum Gasteiger partial charge on any atom is -0.000823 e. The first-order chi connectivity index (χ1) is 9.29. The van der Waals surface area contributed by atoms with Crippen LogP contribution in [0.2, 0.25) is 0 Å². The van der Waals surface area contributed by atoms with Crippen molar-refractivity contribution in [1.82, 2.24) is 5.32 Å². The monoisotopic (exact) mass is 256 g/mol. The molecule has 0 radical (unpaired) electrons. The lowest BCUT2D eigenvalue weighted by Crippen LogP contribution is -2.24. The molecule has 2 heteroatoms. The van der Waals surface area contributed by atoms with Gasteiger partial charge in [0.2, 0.25) is 0 Å². The molecular weight excluding hydrogens is 232 g/mol. The molecule has 2 rings (SSSR count). The Morgan fingerprint density at radius 3 is 2.68 bits per heavy atom. The van der Waals surface area contributed by atoms with Gasteiger partial charge < -0.3 is 11.1 Å². The summed E-state index contributed by atoms with van der Waals surface area (Å²) >= 11 is 0. The average molecular weight is 256 g/mol. The number of rotatable bonds is 7. The molecule has 0 saturated heterocycles. The largest absolute Gasteiger partial charge is 0.330 e. The summed E-state index contributed by atoms with van der Waals surface area (Å²) in [5, 5.41) is 6.16. The minimum atomic E-state index is 0.668. The lowest BCUT2D eigenvalue weighted by Gasteiger charge is -2.11. The summed E-state index contributed by atoms with van der Waals surface area (Å²) in [7, 11) is 0. The number of benzene rings is 2. The zero-order valence-corrected chi connectivity index (χ0v) is 11.7. The first kappa shape index (κ1) is 14.0. The van der Waals surface area contributed by atoms with Crippen molar-refractivity contribution in [3.8, 4) is 0 Å². The molecule has 0 aliphatic carbocycles. The minimum Gasteiger partial charge on any atom is -0.330 e. The predicted molar refractivity (Wildman–Crippen MR) is 83.4 cm³/mol. The third kappa shape index (κ3) is 4.34. The SMILES string of the molecule is CC(CCN)CNCCc1ccc2ccccc2c1. The molecule has 1 unspecified atom stereocenters. The van der Waals surface area contributed by atoms with Gasteiger partial charge in [-0.15, -0.1) is 0 Å². The van der Waals surface area contributed by atoms with E-state index in [9.17, 15) is 0 Å². The highest BCUT2D eigenvalue weighted by molar-refractivity contribution is 5.82. The molecule has 0 heterocycles.